The molecular formula is C15H19NO4. The van der Waals surface area contributed by atoms with Crippen molar-refractivity contribution in [3.05, 3.63) is 35.9 Å². The number of esters is 1. The Hall–Kier alpha value is -2.04. The molecule has 1 fully saturated rings. The summed E-state index contributed by atoms with van der Waals surface area (Å²) in [7, 11) is 1.36. The molecule has 1 atom stereocenters. The van der Waals surface area contributed by atoms with Crippen molar-refractivity contribution in [2.45, 2.75) is 31.9 Å². The second-order valence-corrected chi connectivity index (χ2v) is 4.81. The first kappa shape index (κ1) is 14.4. The van der Waals surface area contributed by atoms with E-state index in [0.29, 0.717) is 6.54 Å². The van der Waals surface area contributed by atoms with E-state index in [-0.39, 0.29) is 31.1 Å². The largest absolute Gasteiger partial charge is 0.469 e. The SMILES string of the molecule is COC(=O)C[C@@H]1CCCN1C(=O)OCc1ccccc1. The van der Waals surface area contributed by atoms with Crippen molar-refractivity contribution in [1.82, 2.24) is 4.90 Å². The maximum Gasteiger partial charge on any atom is 0.410 e. The third-order valence-corrected chi connectivity index (χ3v) is 3.45. The van der Waals surface area contributed by atoms with Gasteiger partial charge < -0.3 is 14.4 Å². The summed E-state index contributed by atoms with van der Waals surface area (Å²) in [6.07, 6.45) is 1.58. The first-order valence-electron chi connectivity index (χ1n) is 6.75. The number of benzene rings is 1. The minimum Gasteiger partial charge on any atom is -0.469 e. The van der Waals surface area contributed by atoms with E-state index in [9.17, 15) is 9.59 Å². The zero-order valence-electron chi connectivity index (χ0n) is 11.6. The van der Waals surface area contributed by atoms with Crippen LogP contribution in [-0.4, -0.2) is 36.7 Å². The standard InChI is InChI=1S/C15H19NO4/c1-19-14(17)10-13-8-5-9-16(13)15(18)20-11-12-6-3-2-4-7-12/h2-4,6-7,13H,5,8-11H2,1H3/t13-/m0/s1. The second kappa shape index (κ2) is 6.93. The maximum absolute atomic E-state index is 12.1. The monoisotopic (exact) mass is 277 g/mol. The number of likely N-dealkylation sites (tertiary alicyclic amines) is 1. The molecule has 0 aromatic heterocycles. The number of hydrogen-bond donors (Lipinski definition) is 0. The Morgan fingerprint density at radius 2 is 2.05 bits per heavy atom. The normalized spacial score (nSPS) is 17.9. The van der Waals surface area contributed by atoms with Crippen molar-refractivity contribution in [3.8, 4) is 0 Å². The summed E-state index contributed by atoms with van der Waals surface area (Å²) in [5.74, 6) is -0.294. The number of carbonyl (C=O) groups excluding carboxylic acids is 2. The fraction of sp³-hybridized carbons (Fsp3) is 0.467. The molecule has 1 aliphatic heterocycles. The van der Waals surface area contributed by atoms with Crippen LogP contribution in [0, 0.1) is 0 Å². The molecule has 2 rings (SSSR count). The molecule has 20 heavy (non-hydrogen) atoms. The molecule has 0 unspecified atom stereocenters. The highest BCUT2D eigenvalue weighted by atomic mass is 16.6. The van der Waals surface area contributed by atoms with E-state index in [1.54, 1.807) is 4.90 Å². The third-order valence-electron chi connectivity index (χ3n) is 3.45. The minimum absolute atomic E-state index is 0.106. The third kappa shape index (κ3) is 3.73. The highest BCUT2D eigenvalue weighted by Gasteiger charge is 2.31. The van der Waals surface area contributed by atoms with Crippen molar-refractivity contribution in [2.75, 3.05) is 13.7 Å². The summed E-state index contributed by atoms with van der Waals surface area (Å²) >= 11 is 0. The van der Waals surface area contributed by atoms with Crippen LogP contribution in [0.2, 0.25) is 0 Å². The van der Waals surface area contributed by atoms with Crippen LogP contribution in [0.25, 0.3) is 0 Å². The van der Waals surface area contributed by atoms with Gasteiger partial charge in [0.2, 0.25) is 0 Å². The number of hydrogen-bond acceptors (Lipinski definition) is 4. The molecule has 5 nitrogen and oxygen atoms in total. The Morgan fingerprint density at radius 1 is 1.30 bits per heavy atom. The van der Waals surface area contributed by atoms with Crippen molar-refractivity contribution in [1.29, 1.82) is 0 Å². The minimum atomic E-state index is -0.361. The summed E-state index contributed by atoms with van der Waals surface area (Å²) in [6.45, 7) is 0.885. The summed E-state index contributed by atoms with van der Waals surface area (Å²) in [4.78, 5) is 25.0. The van der Waals surface area contributed by atoms with Crippen LogP contribution >= 0.6 is 0 Å². The fourth-order valence-electron chi connectivity index (χ4n) is 2.37. The van der Waals surface area contributed by atoms with Crippen LogP contribution < -0.4 is 0 Å². The lowest BCUT2D eigenvalue weighted by Crippen LogP contribution is -2.37. The summed E-state index contributed by atoms with van der Waals surface area (Å²) in [5.41, 5.74) is 0.949. The first-order valence-corrected chi connectivity index (χ1v) is 6.75. The van der Waals surface area contributed by atoms with Gasteiger partial charge in [-0.25, -0.2) is 4.79 Å². The van der Waals surface area contributed by atoms with Gasteiger partial charge in [0.05, 0.1) is 13.5 Å². The number of rotatable bonds is 4. The lowest BCUT2D eigenvalue weighted by molar-refractivity contribution is -0.141. The highest BCUT2D eigenvalue weighted by Crippen LogP contribution is 2.21. The lowest BCUT2D eigenvalue weighted by atomic mass is 10.1. The van der Waals surface area contributed by atoms with E-state index in [1.807, 2.05) is 30.3 Å². The molecule has 5 heteroatoms. The number of nitrogens with zero attached hydrogens (tertiary/aromatic N) is 1. The molecule has 0 radical (unpaired) electrons. The Labute approximate surface area is 118 Å². The molecule has 0 saturated carbocycles. The molecule has 1 aliphatic rings. The average molecular weight is 277 g/mol. The highest BCUT2D eigenvalue weighted by molar-refractivity contribution is 5.73. The van der Waals surface area contributed by atoms with E-state index in [2.05, 4.69) is 4.74 Å². The van der Waals surface area contributed by atoms with Gasteiger partial charge >= 0.3 is 12.1 Å². The van der Waals surface area contributed by atoms with Crippen LogP contribution in [0.1, 0.15) is 24.8 Å². The smallest absolute Gasteiger partial charge is 0.410 e. The lowest BCUT2D eigenvalue weighted by Gasteiger charge is -2.23. The van der Waals surface area contributed by atoms with Gasteiger partial charge in [-0.2, -0.15) is 0 Å². The zero-order chi connectivity index (χ0) is 14.4. The predicted molar refractivity (Wildman–Crippen MR) is 73.0 cm³/mol. The summed E-state index contributed by atoms with van der Waals surface area (Å²) in [6, 6.07) is 9.42. The van der Waals surface area contributed by atoms with Gasteiger partial charge in [-0.15, -0.1) is 0 Å². The van der Waals surface area contributed by atoms with E-state index in [4.69, 9.17) is 4.74 Å². The summed E-state index contributed by atoms with van der Waals surface area (Å²) < 4.78 is 9.94. The van der Waals surface area contributed by atoms with Gasteiger partial charge in [0, 0.05) is 12.6 Å². The molecule has 108 valence electrons. The molecule has 1 aromatic rings. The van der Waals surface area contributed by atoms with E-state index >= 15 is 0 Å². The Balaban J connectivity index is 1.86. The second-order valence-electron chi connectivity index (χ2n) is 4.81. The predicted octanol–water partition coefficient (Wildman–Crippen LogP) is 2.35. The molecule has 0 bridgehead atoms. The molecular weight excluding hydrogens is 258 g/mol. The number of ether oxygens (including phenoxy) is 2. The summed E-state index contributed by atoms with van der Waals surface area (Å²) in [5, 5.41) is 0. The Bertz CT molecular complexity index is 460. The van der Waals surface area contributed by atoms with E-state index in [1.165, 1.54) is 7.11 Å². The van der Waals surface area contributed by atoms with Gasteiger partial charge in [0.1, 0.15) is 6.61 Å². The van der Waals surface area contributed by atoms with Crippen LogP contribution in [0.5, 0.6) is 0 Å². The maximum atomic E-state index is 12.1. The molecule has 1 aromatic carbocycles. The van der Waals surface area contributed by atoms with Gasteiger partial charge in [-0.1, -0.05) is 30.3 Å². The van der Waals surface area contributed by atoms with E-state index in [0.717, 1.165) is 18.4 Å². The average Bonchev–Trinajstić information content (AvgIpc) is 2.94. The molecule has 0 N–H and O–H groups in total. The van der Waals surface area contributed by atoms with E-state index < -0.39 is 0 Å². The number of amides is 1. The quantitative estimate of drug-likeness (QED) is 0.793. The van der Waals surface area contributed by atoms with Crippen molar-refractivity contribution >= 4 is 12.1 Å². The van der Waals surface area contributed by atoms with Gasteiger partial charge in [-0.05, 0) is 18.4 Å². The molecule has 1 heterocycles. The van der Waals surface area contributed by atoms with Crippen molar-refractivity contribution < 1.29 is 19.1 Å². The molecule has 1 saturated heterocycles. The van der Waals surface area contributed by atoms with Gasteiger partial charge in [-0.3, -0.25) is 4.79 Å². The van der Waals surface area contributed by atoms with Crippen LogP contribution in [0.3, 0.4) is 0 Å². The number of methoxy groups -OCH3 is 1. The van der Waals surface area contributed by atoms with Gasteiger partial charge in [0.25, 0.3) is 0 Å². The number of carbonyl (C=O) groups is 2. The van der Waals surface area contributed by atoms with Gasteiger partial charge in [0.15, 0.2) is 0 Å². The van der Waals surface area contributed by atoms with Crippen LogP contribution in [-0.2, 0) is 20.9 Å². The fourth-order valence-corrected chi connectivity index (χ4v) is 2.37. The Morgan fingerprint density at radius 3 is 2.75 bits per heavy atom. The van der Waals surface area contributed by atoms with Crippen molar-refractivity contribution in [3.63, 3.8) is 0 Å². The van der Waals surface area contributed by atoms with Crippen molar-refractivity contribution in [2.24, 2.45) is 0 Å². The molecule has 0 spiro atoms. The van der Waals surface area contributed by atoms with Crippen LogP contribution in [0.15, 0.2) is 30.3 Å². The van der Waals surface area contributed by atoms with Crippen LogP contribution in [0.4, 0.5) is 4.79 Å². The zero-order valence-corrected chi connectivity index (χ0v) is 11.6. The first-order chi connectivity index (χ1) is 9.70. The molecule has 0 aliphatic carbocycles. The topological polar surface area (TPSA) is 55.8 Å². The Kier molecular flexibility index (Phi) is 4.98. The molecule has 1 amide bonds.